The maximum Gasteiger partial charge on any atom is 0.307 e. The average molecular weight is 258 g/mol. The third-order valence-corrected chi connectivity index (χ3v) is 4.04. The van der Waals surface area contributed by atoms with Gasteiger partial charge in [0.15, 0.2) is 0 Å². The Labute approximate surface area is 109 Å². The van der Waals surface area contributed by atoms with Crippen LogP contribution in [0.4, 0.5) is 0 Å². The van der Waals surface area contributed by atoms with Gasteiger partial charge in [0, 0.05) is 0 Å². The van der Waals surface area contributed by atoms with Gasteiger partial charge in [0.25, 0.3) is 0 Å². The molecule has 18 heavy (non-hydrogen) atoms. The molecule has 0 aliphatic heterocycles. The number of aliphatic carboxylic acids is 2. The van der Waals surface area contributed by atoms with Crippen LogP contribution in [0.3, 0.4) is 0 Å². The number of hydrogen-bond acceptors (Lipinski definition) is 2. The van der Waals surface area contributed by atoms with E-state index in [4.69, 9.17) is 5.11 Å². The van der Waals surface area contributed by atoms with Crippen LogP contribution >= 0.6 is 0 Å². The van der Waals surface area contributed by atoms with Crippen molar-refractivity contribution in [1.29, 1.82) is 0 Å². The van der Waals surface area contributed by atoms with E-state index in [-0.39, 0.29) is 6.42 Å². The summed E-state index contributed by atoms with van der Waals surface area (Å²) in [4.78, 5) is 22.2. The van der Waals surface area contributed by atoms with Crippen molar-refractivity contribution in [3.63, 3.8) is 0 Å². The lowest BCUT2D eigenvalue weighted by Crippen LogP contribution is -2.37. The fourth-order valence-electron chi connectivity index (χ4n) is 2.59. The SMILES string of the molecule is CCC(CC)(CCC(C)C)C(CC(=O)O)C(=O)O. The fraction of sp³-hybridized carbons (Fsp3) is 0.857. The minimum Gasteiger partial charge on any atom is -0.481 e. The summed E-state index contributed by atoms with van der Waals surface area (Å²) in [6.45, 7) is 8.12. The Hall–Kier alpha value is -1.06. The van der Waals surface area contributed by atoms with Gasteiger partial charge in [0.1, 0.15) is 0 Å². The Kier molecular flexibility index (Phi) is 6.96. The normalized spacial score (nSPS) is 13.6. The molecule has 1 atom stereocenters. The van der Waals surface area contributed by atoms with Gasteiger partial charge in [-0.3, -0.25) is 9.59 Å². The van der Waals surface area contributed by atoms with Crippen LogP contribution in [0.5, 0.6) is 0 Å². The summed E-state index contributed by atoms with van der Waals surface area (Å²) < 4.78 is 0. The third kappa shape index (κ3) is 4.67. The highest BCUT2D eigenvalue weighted by atomic mass is 16.4. The molecule has 0 aromatic rings. The second-order valence-corrected chi connectivity index (χ2v) is 5.49. The molecule has 106 valence electrons. The molecule has 0 rings (SSSR count). The quantitative estimate of drug-likeness (QED) is 0.664. The summed E-state index contributed by atoms with van der Waals surface area (Å²) in [5.41, 5.74) is -0.394. The summed E-state index contributed by atoms with van der Waals surface area (Å²) in [5, 5.41) is 18.2. The molecule has 0 amide bonds. The second-order valence-electron chi connectivity index (χ2n) is 5.49. The lowest BCUT2D eigenvalue weighted by atomic mass is 9.66. The van der Waals surface area contributed by atoms with Gasteiger partial charge in [-0.05, 0) is 30.6 Å². The zero-order valence-corrected chi connectivity index (χ0v) is 11.9. The second kappa shape index (κ2) is 7.39. The van der Waals surface area contributed by atoms with E-state index < -0.39 is 23.3 Å². The van der Waals surface area contributed by atoms with Crippen LogP contribution in [-0.4, -0.2) is 22.2 Å². The van der Waals surface area contributed by atoms with Gasteiger partial charge in [0.05, 0.1) is 12.3 Å². The topological polar surface area (TPSA) is 74.6 Å². The van der Waals surface area contributed by atoms with Crippen LogP contribution in [-0.2, 0) is 9.59 Å². The van der Waals surface area contributed by atoms with Gasteiger partial charge in [-0.2, -0.15) is 0 Å². The monoisotopic (exact) mass is 258 g/mol. The van der Waals surface area contributed by atoms with Crippen molar-refractivity contribution in [2.24, 2.45) is 17.3 Å². The largest absolute Gasteiger partial charge is 0.481 e. The highest BCUT2D eigenvalue weighted by Crippen LogP contribution is 2.42. The Morgan fingerprint density at radius 2 is 1.61 bits per heavy atom. The van der Waals surface area contributed by atoms with Gasteiger partial charge in [0.2, 0.25) is 0 Å². The smallest absolute Gasteiger partial charge is 0.307 e. The summed E-state index contributed by atoms with van der Waals surface area (Å²) in [6.07, 6.45) is 2.85. The molecule has 4 nitrogen and oxygen atoms in total. The van der Waals surface area contributed by atoms with Crippen molar-refractivity contribution in [1.82, 2.24) is 0 Å². The maximum atomic E-state index is 11.4. The molecule has 0 aliphatic rings. The van der Waals surface area contributed by atoms with E-state index in [1.165, 1.54) is 0 Å². The van der Waals surface area contributed by atoms with Gasteiger partial charge in [-0.25, -0.2) is 0 Å². The molecule has 0 aromatic carbocycles. The summed E-state index contributed by atoms with van der Waals surface area (Å²) in [5.74, 6) is -2.30. The fourth-order valence-corrected chi connectivity index (χ4v) is 2.59. The highest BCUT2D eigenvalue weighted by Gasteiger charge is 2.41. The zero-order valence-electron chi connectivity index (χ0n) is 11.9. The Morgan fingerprint density at radius 1 is 1.11 bits per heavy atom. The van der Waals surface area contributed by atoms with Crippen LogP contribution < -0.4 is 0 Å². The summed E-state index contributed by atoms with van der Waals surface area (Å²) in [6, 6.07) is 0. The van der Waals surface area contributed by atoms with Crippen molar-refractivity contribution < 1.29 is 19.8 Å². The summed E-state index contributed by atoms with van der Waals surface area (Å²) in [7, 11) is 0. The minimum absolute atomic E-state index is 0.283. The first-order chi connectivity index (χ1) is 8.29. The number of rotatable bonds is 9. The third-order valence-electron chi connectivity index (χ3n) is 4.04. The Balaban J connectivity index is 5.09. The van der Waals surface area contributed by atoms with Crippen LogP contribution in [0.2, 0.25) is 0 Å². The molecule has 2 N–H and O–H groups in total. The van der Waals surface area contributed by atoms with Gasteiger partial charge in [-0.15, -0.1) is 0 Å². The molecule has 1 unspecified atom stereocenters. The van der Waals surface area contributed by atoms with Crippen molar-refractivity contribution in [2.75, 3.05) is 0 Å². The van der Waals surface area contributed by atoms with E-state index in [9.17, 15) is 14.7 Å². The van der Waals surface area contributed by atoms with Crippen molar-refractivity contribution in [3.8, 4) is 0 Å². The molecule has 0 aliphatic carbocycles. The lowest BCUT2D eigenvalue weighted by Gasteiger charge is -2.37. The Morgan fingerprint density at radius 3 is 1.89 bits per heavy atom. The van der Waals surface area contributed by atoms with Crippen LogP contribution in [0, 0.1) is 17.3 Å². The van der Waals surface area contributed by atoms with Crippen molar-refractivity contribution in [2.45, 2.75) is 59.8 Å². The predicted molar refractivity (Wildman–Crippen MR) is 70.5 cm³/mol. The lowest BCUT2D eigenvalue weighted by molar-refractivity contribution is -0.154. The average Bonchev–Trinajstić information content (AvgIpc) is 2.28. The molecule has 0 fully saturated rings. The number of carboxylic acid groups (broad SMARTS) is 2. The van der Waals surface area contributed by atoms with Crippen LogP contribution in [0.15, 0.2) is 0 Å². The molecule has 0 spiro atoms. The van der Waals surface area contributed by atoms with Crippen molar-refractivity contribution >= 4 is 11.9 Å². The van der Waals surface area contributed by atoms with E-state index in [0.29, 0.717) is 18.8 Å². The number of hydrogen-bond donors (Lipinski definition) is 2. The van der Waals surface area contributed by atoms with Gasteiger partial charge in [-0.1, -0.05) is 34.1 Å². The van der Waals surface area contributed by atoms with E-state index in [1.807, 2.05) is 13.8 Å². The van der Waals surface area contributed by atoms with Crippen LogP contribution in [0.1, 0.15) is 59.8 Å². The first-order valence-electron chi connectivity index (χ1n) is 6.73. The zero-order chi connectivity index (χ0) is 14.3. The molecule has 0 bridgehead atoms. The predicted octanol–water partition coefficient (Wildman–Crippen LogP) is 3.40. The van der Waals surface area contributed by atoms with Gasteiger partial charge >= 0.3 is 11.9 Å². The van der Waals surface area contributed by atoms with E-state index in [1.54, 1.807) is 0 Å². The molecule has 0 saturated carbocycles. The number of carboxylic acids is 2. The molecule has 0 heterocycles. The first-order valence-corrected chi connectivity index (χ1v) is 6.73. The van der Waals surface area contributed by atoms with Gasteiger partial charge < -0.3 is 10.2 Å². The van der Waals surface area contributed by atoms with Crippen LogP contribution in [0.25, 0.3) is 0 Å². The molecule has 4 heteroatoms. The van der Waals surface area contributed by atoms with E-state index in [2.05, 4.69) is 13.8 Å². The molecule has 0 saturated heterocycles. The minimum atomic E-state index is -1.03. The standard InChI is InChI=1S/C14H26O4/c1-5-14(6-2,8-7-10(3)4)11(13(17)18)9-12(15)16/h10-11H,5-9H2,1-4H3,(H,15,16)(H,17,18). The first kappa shape index (κ1) is 16.9. The van der Waals surface area contributed by atoms with Crippen molar-refractivity contribution in [3.05, 3.63) is 0 Å². The van der Waals surface area contributed by atoms with E-state index in [0.717, 1.165) is 12.8 Å². The number of carbonyl (C=O) groups is 2. The molecule has 0 radical (unpaired) electrons. The maximum absolute atomic E-state index is 11.4. The summed E-state index contributed by atoms with van der Waals surface area (Å²) >= 11 is 0. The highest BCUT2D eigenvalue weighted by molar-refractivity contribution is 5.78. The molecular weight excluding hydrogens is 232 g/mol. The Bertz CT molecular complexity index is 280. The van der Waals surface area contributed by atoms with E-state index >= 15 is 0 Å². The molecule has 0 aromatic heterocycles. The molecular formula is C14H26O4.